The predicted molar refractivity (Wildman–Crippen MR) is 91.2 cm³/mol. The van der Waals surface area contributed by atoms with E-state index < -0.39 is 26.1 Å². The van der Waals surface area contributed by atoms with Crippen LogP contribution < -0.4 is 4.74 Å². The summed E-state index contributed by atoms with van der Waals surface area (Å²) in [6.45, 7) is 7.40. The fourth-order valence-corrected chi connectivity index (χ4v) is 4.00. The van der Waals surface area contributed by atoms with Gasteiger partial charge >= 0.3 is 12.1 Å². The van der Waals surface area contributed by atoms with Gasteiger partial charge in [-0.25, -0.2) is 0 Å². The van der Waals surface area contributed by atoms with Crippen LogP contribution in [0.25, 0.3) is 0 Å². The molecule has 1 aromatic rings. The number of carbonyl (C=O) groups is 1. The molecule has 0 aliphatic heterocycles. The molecular weight excluding hydrogens is 353 g/mol. The van der Waals surface area contributed by atoms with Crippen molar-refractivity contribution in [2.24, 2.45) is 0 Å². The van der Waals surface area contributed by atoms with Crippen LogP contribution in [-0.4, -0.2) is 34.2 Å². The van der Waals surface area contributed by atoms with Crippen molar-refractivity contribution >= 4 is 14.3 Å². The highest BCUT2D eigenvalue weighted by atomic mass is 28.4. The minimum atomic E-state index is -4.60. The van der Waals surface area contributed by atoms with Crippen molar-refractivity contribution in [2.75, 3.05) is 13.7 Å². The number of esters is 1. The van der Waals surface area contributed by atoms with Crippen LogP contribution >= 0.6 is 0 Å². The van der Waals surface area contributed by atoms with E-state index in [4.69, 9.17) is 13.9 Å². The van der Waals surface area contributed by atoms with Crippen molar-refractivity contribution in [3.63, 3.8) is 0 Å². The first kappa shape index (κ1) is 21.5. The van der Waals surface area contributed by atoms with Crippen LogP contribution in [0, 0.1) is 0 Å². The third-order valence-corrected chi connectivity index (χ3v) is 4.57. The molecule has 25 heavy (non-hydrogen) atoms. The standard InChI is InChI=1S/C17H25F3O4Si/c1-12(21)23-10-9-13-11-14(22-3)7-8-15(13)16(2,17(18,19)20)24-25(4,5)6/h7-8,11H,9-10H2,1-6H3/t16-/m1/s1. The van der Waals surface area contributed by atoms with Gasteiger partial charge in [0.25, 0.3) is 0 Å². The second kappa shape index (κ2) is 7.78. The van der Waals surface area contributed by atoms with Crippen LogP contribution in [0.5, 0.6) is 5.75 Å². The minimum absolute atomic E-state index is 0.00961. The molecule has 0 spiro atoms. The zero-order valence-electron chi connectivity index (χ0n) is 15.4. The first-order chi connectivity index (χ1) is 11.3. The van der Waals surface area contributed by atoms with Gasteiger partial charge in [-0.3, -0.25) is 4.79 Å². The number of benzene rings is 1. The lowest BCUT2D eigenvalue weighted by molar-refractivity contribution is -0.251. The van der Waals surface area contributed by atoms with Gasteiger partial charge in [-0.15, -0.1) is 0 Å². The number of carbonyl (C=O) groups excluding carboxylic acids is 1. The normalized spacial score (nSPS) is 14.8. The van der Waals surface area contributed by atoms with Crippen molar-refractivity contribution in [1.82, 2.24) is 0 Å². The molecule has 8 heteroatoms. The number of ether oxygens (including phenoxy) is 2. The van der Waals surface area contributed by atoms with Crippen molar-refractivity contribution in [3.05, 3.63) is 29.3 Å². The average molecular weight is 378 g/mol. The molecule has 0 amide bonds. The third kappa shape index (κ3) is 5.74. The molecule has 1 aromatic carbocycles. The zero-order chi connectivity index (χ0) is 19.5. The highest BCUT2D eigenvalue weighted by Crippen LogP contribution is 2.45. The maximum Gasteiger partial charge on any atom is 0.420 e. The molecule has 0 aliphatic carbocycles. The van der Waals surface area contributed by atoms with Crippen LogP contribution in [0.15, 0.2) is 18.2 Å². The second-order valence-electron chi connectivity index (χ2n) is 6.86. The van der Waals surface area contributed by atoms with Crippen LogP contribution in [0.4, 0.5) is 13.2 Å². The molecule has 0 bridgehead atoms. The van der Waals surface area contributed by atoms with E-state index >= 15 is 0 Å². The molecule has 1 rings (SSSR count). The molecule has 0 heterocycles. The van der Waals surface area contributed by atoms with Crippen molar-refractivity contribution < 1.29 is 31.9 Å². The molecule has 0 aliphatic rings. The summed E-state index contributed by atoms with van der Waals surface area (Å²) in [5.41, 5.74) is -2.07. The first-order valence-electron chi connectivity index (χ1n) is 7.88. The summed E-state index contributed by atoms with van der Waals surface area (Å²) >= 11 is 0. The number of rotatable bonds is 7. The van der Waals surface area contributed by atoms with Crippen LogP contribution in [-0.2, 0) is 26.0 Å². The van der Waals surface area contributed by atoms with Crippen molar-refractivity contribution in [2.45, 2.75) is 51.7 Å². The Labute approximate surface area is 147 Å². The molecule has 0 unspecified atom stereocenters. The van der Waals surface area contributed by atoms with E-state index in [0.29, 0.717) is 11.3 Å². The Bertz CT molecular complexity index is 611. The van der Waals surface area contributed by atoms with E-state index in [-0.39, 0.29) is 18.6 Å². The highest BCUT2D eigenvalue weighted by Gasteiger charge is 2.56. The zero-order valence-corrected chi connectivity index (χ0v) is 16.4. The number of methoxy groups -OCH3 is 1. The van der Waals surface area contributed by atoms with Gasteiger partial charge in [0.05, 0.1) is 13.7 Å². The SMILES string of the molecule is COc1ccc([C@@](C)(O[Si](C)(C)C)C(F)(F)F)c(CCOC(C)=O)c1. The Kier molecular flexibility index (Phi) is 6.69. The molecule has 4 nitrogen and oxygen atoms in total. The van der Waals surface area contributed by atoms with E-state index in [9.17, 15) is 18.0 Å². The predicted octanol–water partition coefficient (Wildman–Crippen LogP) is 4.43. The Morgan fingerprint density at radius 1 is 1.20 bits per heavy atom. The molecule has 0 fully saturated rings. The van der Waals surface area contributed by atoms with Gasteiger partial charge in [-0.1, -0.05) is 6.07 Å². The fraction of sp³-hybridized carbons (Fsp3) is 0.588. The molecule has 0 saturated carbocycles. The highest BCUT2D eigenvalue weighted by molar-refractivity contribution is 6.69. The third-order valence-electron chi connectivity index (χ3n) is 3.55. The van der Waals surface area contributed by atoms with E-state index in [1.165, 1.54) is 32.2 Å². The van der Waals surface area contributed by atoms with Gasteiger partial charge in [-0.2, -0.15) is 13.2 Å². The van der Waals surface area contributed by atoms with Gasteiger partial charge < -0.3 is 13.9 Å². The summed E-state index contributed by atoms with van der Waals surface area (Å²) < 4.78 is 57.3. The Hall–Kier alpha value is -1.54. The van der Waals surface area contributed by atoms with Crippen LogP contribution in [0.1, 0.15) is 25.0 Å². The summed E-state index contributed by atoms with van der Waals surface area (Å²) in [4.78, 5) is 10.9. The lowest BCUT2D eigenvalue weighted by Gasteiger charge is -2.39. The van der Waals surface area contributed by atoms with Gasteiger partial charge in [0, 0.05) is 13.3 Å². The number of alkyl halides is 3. The molecule has 142 valence electrons. The summed E-state index contributed by atoms with van der Waals surface area (Å²) in [6, 6.07) is 4.37. The van der Waals surface area contributed by atoms with Gasteiger partial charge in [0.15, 0.2) is 13.9 Å². The van der Waals surface area contributed by atoms with Gasteiger partial charge in [0.1, 0.15) is 5.75 Å². The summed E-state index contributed by atoms with van der Waals surface area (Å²) in [5, 5.41) is 0. The Morgan fingerprint density at radius 3 is 2.24 bits per heavy atom. The first-order valence-corrected chi connectivity index (χ1v) is 11.3. The van der Waals surface area contributed by atoms with E-state index in [0.717, 1.165) is 6.92 Å². The number of halogens is 3. The monoisotopic (exact) mass is 378 g/mol. The van der Waals surface area contributed by atoms with Gasteiger partial charge in [0.2, 0.25) is 0 Å². The lowest BCUT2D eigenvalue weighted by Crippen LogP contribution is -2.49. The molecule has 0 aromatic heterocycles. The summed E-state index contributed by atoms with van der Waals surface area (Å²) in [6.07, 6.45) is -4.47. The quantitative estimate of drug-likeness (QED) is 0.520. The maximum atomic E-state index is 13.9. The molecule has 0 saturated heterocycles. The maximum absolute atomic E-state index is 13.9. The van der Waals surface area contributed by atoms with Gasteiger partial charge in [-0.05, 0) is 49.8 Å². The minimum Gasteiger partial charge on any atom is -0.497 e. The van der Waals surface area contributed by atoms with Crippen LogP contribution in [0.2, 0.25) is 19.6 Å². The summed E-state index contributed by atoms with van der Waals surface area (Å²) in [5.74, 6) is -0.0551. The fourth-order valence-electron chi connectivity index (χ4n) is 2.55. The van der Waals surface area contributed by atoms with E-state index in [1.807, 2.05) is 0 Å². The second-order valence-corrected chi connectivity index (χ2v) is 11.3. The average Bonchev–Trinajstić information content (AvgIpc) is 2.43. The van der Waals surface area contributed by atoms with E-state index in [2.05, 4.69) is 0 Å². The Balaban J connectivity index is 3.39. The molecule has 1 atom stereocenters. The molecular formula is C17H25F3O4Si. The number of hydrogen-bond donors (Lipinski definition) is 0. The van der Waals surface area contributed by atoms with E-state index in [1.54, 1.807) is 19.6 Å². The number of hydrogen-bond acceptors (Lipinski definition) is 4. The topological polar surface area (TPSA) is 44.8 Å². The summed E-state index contributed by atoms with van der Waals surface area (Å²) in [7, 11) is -1.08. The molecule has 0 N–H and O–H groups in total. The smallest absolute Gasteiger partial charge is 0.420 e. The van der Waals surface area contributed by atoms with Crippen molar-refractivity contribution in [3.8, 4) is 5.75 Å². The molecule has 0 radical (unpaired) electrons. The lowest BCUT2D eigenvalue weighted by atomic mass is 9.89. The van der Waals surface area contributed by atoms with Crippen LogP contribution in [0.3, 0.4) is 0 Å². The van der Waals surface area contributed by atoms with Crippen molar-refractivity contribution in [1.29, 1.82) is 0 Å². The largest absolute Gasteiger partial charge is 0.497 e. The Morgan fingerprint density at radius 2 is 1.80 bits per heavy atom.